The third kappa shape index (κ3) is 5.42. The quantitative estimate of drug-likeness (QED) is 0.522. The van der Waals surface area contributed by atoms with Gasteiger partial charge in [0.1, 0.15) is 17.5 Å². The molecule has 1 aromatic heterocycles. The highest BCUT2D eigenvalue weighted by atomic mass is 35.5. The number of carbonyl (C=O) groups is 2. The van der Waals surface area contributed by atoms with E-state index in [1.54, 1.807) is 39.8 Å². The fraction of sp³-hybridized carbons (Fsp3) is 0.385. The van der Waals surface area contributed by atoms with Gasteiger partial charge in [-0.25, -0.2) is 14.4 Å². The third-order valence-electron chi connectivity index (χ3n) is 5.90. The highest BCUT2D eigenvalue weighted by Crippen LogP contribution is 2.31. The molecule has 190 valence electrons. The first-order valence-electron chi connectivity index (χ1n) is 11.7. The second-order valence-corrected chi connectivity index (χ2v) is 10.1. The summed E-state index contributed by atoms with van der Waals surface area (Å²) < 4.78 is 20.8. The van der Waals surface area contributed by atoms with Gasteiger partial charge >= 0.3 is 0 Å². The first-order valence-corrected chi connectivity index (χ1v) is 12.1. The smallest absolute Gasteiger partial charge is 0.260 e. The van der Waals surface area contributed by atoms with Crippen molar-refractivity contribution in [2.75, 3.05) is 36.5 Å². The Hall–Kier alpha value is -3.30. The van der Waals surface area contributed by atoms with Gasteiger partial charge in [-0.2, -0.15) is 0 Å². The van der Waals surface area contributed by atoms with E-state index in [2.05, 4.69) is 25.5 Å². The fourth-order valence-electron chi connectivity index (χ4n) is 3.93. The number of nitrogens with zero attached hydrogens (tertiary/aromatic N) is 3. The van der Waals surface area contributed by atoms with Crippen molar-refractivity contribution in [2.24, 2.45) is 5.41 Å². The van der Waals surface area contributed by atoms with Crippen LogP contribution in [-0.2, 0) is 16.1 Å². The number of halogens is 2. The number of anilines is 2. The van der Waals surface area contributed by atoms with Crippen molar-refractivity contribution in [3.63, 3.8) is 0 Å². The van der Waals surface area contributed by atoms with Crippen molar-refractivity contribution in [3.05, 3.63) is 58.1 Å². The Bertz CT molecular complexity index is 1320. The summed E-state index contributed by atoms with van der Waals surface area (Å²) in [6.07, 6.45) is 0. The number of benzene rings is 2. The zero-order valence-electron chi connectivity index (χ0n) is 20.7. The molecule has 36 heavy (non-hydrogen) atoms. The van der Waals surface area contributed by atoms with Gasteiger partial charge in [0.15, 0.2) is 0 Å². The summed E-state index contributed by atoms with van der Waals surface area (Å²) in [6, 6.07) is 8.29. The van der Waals surface area contributed by atoms with Gasteiger partial charge in [-0.3, -0.25) is 9.59 Å². The van der Waals surface area contributed by atoms with Crippen LogP contribution in [0, 0.1) is 18.2 Å². The Kier molecular flexibility index (Phi) is 7.42. The van der Waals surface area contributed by atoms with E-state index in [-0.39, 0.29) is 28.6 Å². The van der Waals surface area contributed by atoms with Crippen LogP contribution in [0.25, 0.3) is 10.9 Å². The van der Waals surface area contributed by atoms with Crippen molar-refractivity contribution >= 4 is 45.8 Å². The Morgan fingerprint density at radius 2 is 1.86 bits per heavy atom. The number of nitrogens with one attached hydrogen (secondary N) is 2. The molecule has 10 heteroatoms. The maximum atomic E-state index is 15.4. The van der Waals surface area contributed by atoms with E-state index < -0.39 is 17.1 Å². The van der Waals surface area contributed by atoms with E-state index in [9.17, 15) is 9.59 Å². The molecule has 1 aliphatic rings. The van der Waals surface area contributed by atoms with Crippen LogP contribution in [0.2, 0.25) is 5.02 Å². The number of rotatable bonds is 5. The van der Waals surface area contributed by atoms with E-state index in [0.717, 1.165) is 11.2 Å². The van der Waals surface area contributed by atoms with Gasteiger partial charge in [-0.15, -0.1) is 0 Å². The predicted octanol–water partition coefficient (Wildman–Crippen LogP) is 4.48. The van der Waals surface area contributed by atoms with Crippen molar-refractivity contribution < 1.29 is 18.7 Å². The van der Waals surface area contributed by atoms with Crippen molar-refractivity contribution in [3.8, 4) is 0 Å². The van der Waals surface area contributed by atoms with Gasteiger partial charge in [-0.1, -0.05) is 44.5 Å². The van der Waals surface area contributed by atoms with Gasteiger partial charge in [0.05, 0.1) is 35.0 Å². The molecule has 0 aliphatic carbocycles. The molecular weight excluding hydrogens is 485 g/mol. The van der Waals surface area contributed by atoms with Crippen LogP contribution in [0.15, 0.2) is 30.3 Å². The fourth-order valence-corrected chi connectivity index (χ4v) is 4.16. The molecule has 0 bridgehead atoms. The lowest BCUT2D eigenvalue weighted by molar-refractivity contribution is -0.128. The number of hydrogen-bond acceptors (Lipinski definition) is 6. The standard InChI is InChI=1S/C26H29ClFN5O3/c1-15-30-22-17(23(31-15)33-10-12-36-13-11-33)6-5-7-19(22)32-24(34)20-18(27)9-8-16(21(20)28)14-29-25(35)26(2,3)4/h5-9H,10-14H2,1-4H3,(H,29,35)(H,32,34). The Labute approximate surface area is 214 Å². The Morgan fingerprint density at radius 3 is 2.56 bits per heavy atom. The lowest BCUT2D eigenvalue weighted by Crippen LogP contribution is -2.37. The molecule has 2 heterocycles. The first kappa shape index (κ1) is 25.8. The van der Waals surface area contributed by atoms with Crippen LogP contribution < -0.4 is 15.5 Å². The van der Waals surface area contributed by atoms with Crippen LogP contribution in [0.5, 0.6) is 0 Å². The summed E-state index contributed by atoms with van der Waals surface area (Å²) in [5.41, 5.74) is 0.199. The topological polar surface area (TPSA) is 96.5 Å². The number of aryl methyl sites for hydroxylation is 1. The number of fused-ring (bicyclic) bond motifs is 1. The molecule has 0 radical (unpaired) electrons. The second kappa shape index (κ2) is 10.4. The summed E-state index contributed by atoms with van der Waals surface area (Å²) in [5, 5.41) is 6.21. The minimum absolute atomic E-state index is 0.0315. The molecule has 4 rings (SSSR count). The minimum Gasteiger partial charge on any atom is -0.378 e. The van der Waals surface area contributed by atoms with E-state index in [4.69, 9.17) is 16.3 Å². The van der Waals surface area contributed by atoms with Crippen molar-refractivity contribution in [2.45, 2.75) is 34.2 Å². The number of morpholine rings is 1. The summed E-state index contributed by atoms with van der Waals surface area (Å²) >= 11 is 6.24. The zero-order valence-corrected chi connectivity index (χ0v) is 21.5. The zero-order chi connectivity index (χ0) is 26.0. The summed E-state index contributed by atoms with van der Waals surface area (Å²) in [4.78, 5) is 36.7. The molecule has 0 saturated carbocycles. The number of amides is 2. The molecule has 2 amide bonds. The first-order chi connectivity index (χ1) is 17.1. The van der Waals surface area contributed by atoms with E-state index in [0.29, 0.717) is 43.3 Å². The van der Waals surface area contributed by atoms with Crippen molar-refractivity contribution in [1.82, 2.24) is 15.3 Å². The summed E-state index contributed by atoms with van der Waals surface area (Å²) in [5.74, 6) is -0.415. The highest BCUT2D eigenvalue weighted by Gasteiger charge is 2.24. The second-order valence-electron chi connectivity index (χ2n) is 9.68. The Morgan fingerprint density at radius 1 is 1.14 bits per heavy atom. The van der Waals surface area contributed by atoms with Crippen molar-refractivity contribution in [1.29, 1.82) is 0 Å². The SMILES string of the molecule is Cc1nc(N2CCOCC2)c2cccc(NC(=O)c3c(Cl)ccc(CNC(=O)C(C)(C)C)c3F)c2n1. The van der Waals surface area contributed by atoms with Crippen LogP contribution >= 0.6 is 11.6 Å². The van der Waals surface area contributed by atoms with Gasteiger partial charge in [0, 0.05) is 36.0 Å². The molecule has 2 N–H and O–H groups in total. The minimum atomic E-state index is -0.783. The number of hydrogen-bond donors (Lipinski definition) is 2. The number of para-hydroxylation sites is 1. The van der Waals surface area contributed by atoms with Crippen LogP contribution in [0.3, 0.4) is 0 Å². The van der Waals surface area contributed by atoms with Gasteiger partial charge < -0.3 is 20.3 Å². The molecule has 0 unspecified atom stereocenters. The van der Waals surface area contributed by atoms with Gasteiger partial charge in [0.25, 0.3) is 5.91 Å². The predicted molar refractivity (Wildman–Crippen MR) is 138 cm³/mol. The lowest BCUT2D eigenvalue weighted by Gasteiger charge is -2.29. The molecule has 8 nitrogen and oxygen atoms in total. The molecule has 2 aromatic carbocycles. The molecule has 3 aromatic rings. The highest BCUT2D eigenvalue weighted by molar-refractivity contribution is 6.34. The maximum Gasteiger partial charge on any atom is 0.260 e. The molecule has 1 fully saturated rings. The van der Waals surface area contributed by atoms with Crippen LogP contribution in [0.1, 0.15) is 42.5 Å². The largest absolute Gasteiger partial charge is 0.378 e. The molecular formula is C26H29ClFN5O3. The normalized spacial score (nSPS) is 14.1. The Balaban J connectivity index is 1.65. The molecule has 1 saturated heterocycles. The summed E-state index contributed by atoms with van der Waals surface area (Å²) in [6.45, 7) is 9.61. The lowest BCUT2D eigenvalue weighted by atomic mass is 9.95. The van der Waals surface area contributed by atoms with E-state index >= 15 is 4.39 Å². The van der Waals surface area contributed by atoms with Crippen LogP contribution in [-0.4, -0.2) is 48.1 Å². The number of carbonyl (C=O) groups excluding carboxylic acids is 2. The monoisotopic (exact) mass is 513 g/mol. The van der Waals surface area contributed by atoms with E-state index in [1.807, 2.05) is 6.07 Å². The number of ether oxygens (including phenoxy) is 1. The average molecular weight is 514 g/mol. The molecule has 0 atom stereocenters. The van der Waals surface area contributed by atoms with Gasteiger partial charge in [0.2, 0.25) is 5.91 Å². The molecule has 0 spiro atoms. The van der Waals surface area contributed by atoms with E-state index in [1.165, 1.54) is 12.1 Å². The average Bonchev–Trinajstić information content (AvgIpc) is 2.83. The number of aromatic nitrogens is 2. The third-order valence-corrected chi connectivity index (χ3v) is 6.21. The maximum absolute atomic E-state index is 15.4. The molecule has 1 aliphatic heterocycles. The summed E-state index contributed by atoms with van der Waals surface area (Å²) in [7, 11) is 0. The van der Waals surface area contributed by atoms with Crippen LogP contribution in [0.4, 0.5) is 15.9 Å². The van der Waals surface area contributed by atoms with Gasteiger partial charge in [-0.05, 0) is 25.1 Å².